The first-order chi connectivity index (χ1) is 14.7. The van der Waals surface area contributed by atoms with E-state index in [4.69, 9.17) is 11.6 Å². The highest BCUT2D eigenvalue weighted by Crippen LogP contribution is 2.28. The zero-order valence-electron chi connectivity index (χ0n) is 16.4. The minimum absolute atomic E-state index is 0.325. The van der Waals surface area contributed by atoms with Crippen molar-refractivity contribution in [3.63, 3.8) is 0 Å². The van der Waals surface area contributed by atoms with Gasteiger partial charge in [-0.05, 0) is 29.3 Å². The number of halogens is 2. The number of thioether (sulfide) groups is 1. The molecule has 4 aromatic rings. The van der Waals surface area contributed by atoms with Crippen molar-refractivity contribution in [2.24, 2.45) is 5.10 Å². The van der Waals surface area contributed by atoms with E-state index in [1.165, 1.54) is 17.8 Å². The molecule has 152 valence electrons. The summed E-state index contributed by atoms with van der Waals surface area (Å²) in [5.74, 6) is 0.796. The Morgan fingerprint density at radius 3 is 2.70 bits per heavy atom. The molecular weight excluding hydrogens is 419 g/mol. The van der Waals surface area contributed by atoms with Gasteiger partial charge in [-0.25, -0.2) is 4.39 Å². The molecular formula is C23H20ClFN4S. The standard InChI is InChI=1S/C23H20ClFN4S/c1-2-7-22-27-28-23(30-15-19-20(24)12-6-13-21(19)25)29(22)26-14-17-10-5-9-16-8-3-4-11-18(16)17/h3-6,8-14H,2,7,15H2,1H3/b26-14-. The molecule has 0 bridgehead atoms. The van der Waals surface area contributed by atoms with E-state index in [2.05, 4.69) is 40.4 Å². The highest BCUT2D eigenvalue weighted by molar-refractivity contribution is 7.98. The van der Waals surface area contributed by atoms with Gasteiger partial charge in [0, 0.05) is 28.3 Å². The van der Waals surface area contributed by atoms with Crippen LogP contribution < -0.4 is 0 Å². The van der Waals surface area contributed by atoms with Crippen LogP contribution >= 0.6 is 23.4 Å². The molecule has 0 aliphatic rings. The first-order valence-corrected chi connectivity index (χ1v) is 11.1. The largest absolute Gasteiger partial charge is 0.212 e. The average molecular weight is 439 g/mol. The fraction of sp³-hybridized carbons (Fsp3) is 0.174. The van der Waals surface area contributed by atoms with Crippen LogP contribution in [0.2, 0.25) is 5.02 Å². The van der Waals surface area contributed by atoms with Gasteiger partial charge in [0.15, 0.2) is 5.82 Å². The van der Waals surface area contributed by atoms with Crippen molar-refractivity contribution in [1.29, 1.82) is 0 Å². The van der Waals surface area contributed by atoms with Gasteiger partial charge in [-0.15, -0.1) is 10.2 Å². The minimum atomic E-state index is -0.325. The second-order valence-corrected chi connectivity index (χ2v) is 8.11. The van der Waals surface area contributed by atoms with Crippen LogP contribution in [0, 0.1) is 5.82 Å². The number of hydrogen-bond donors (Lipinski definition) is 0. The summed E-state index contributed by atoms with van der Waals surface area (Å²) in [6, 6.07) is 19.0. The lowest BCUT2D eigenvalue weighted by Crippen LogP contribution is -2.01. The van der Waals surface area contributed by atoms with Gasteiger partial charge in [0.1, 0.15) is 5.82 Å². The van der Waals surface area contributed by atoms with Crippen LogP contribution in [0.4, 0.5) is 4.39 Å². The highest BCUT2D eigenvalue weighted by atomic mass is 35.5. The van der Waals surface area contributed by atoms with Gasteiger partial charge >= 0.3 is 0 Å². The predicted molar refractivity (Wildman–Crippen MR) is 122 cm³/mol. The zero-order chi connectivity index (χ0) is 20.9. The molecule has 4 nitrogen and oxygen atoms in total. The summed E-state index contributed by atoms with van der Waals surface area (Å²) in [6.07, 6.45) is 3.50. The van der Waals surface area contributed by atoms with Crippen molar-refractivity contribution in [3.8, 4) is 0 Å². The minimum Gasteiger partial charge on any atom is -0.207 e. The molecule has 3 aromatic carbocycles. The van der Waals surface area contributed by atoms with Crippen LogP contribution in [0.3, 0.4) is 0 Å². The Balaban J connectivity index is 1.65. The Morgan fingerprint density at radius 1 is 1.07 bits per heavy atom. The second-order valence-electron chi connectivity index (χ2n) is 6.76. The van der Waals surface area contributed by atoms with Gasteiger partial charge in [0.25, 0.3) is 0 Å². The van der Waals surface area contributed by atoms with Crippen LogP contribution in [-0.4, -0.2) is 21.1 Å². The summed E-state index contributed by atoms with van der Waals surface area (Å²) in [4.78, 5) is 0. The van der Waals surface area contributed by atoms with E-state index in [1.54, 1.807) is 16.8 Å². The molecule has 0 aliphatic carbocycles. The lowest BCUT2D eigenvalue weighted by atomic mass is 10.1. The molecule has 0 saturated heterocycles. The number of rotatable bonds is 7. The molecule has 1 heterocycles. The lowest BCUT2D eigenvalue weighted by molar-refractivity contribution is 0.617. The van der Waals surface area contributed by atoms with Crippen molar-refractivity contribution in [3.05, 3.63) is 88.5 Å². The van der Waals surface area contributed by atoms with Crippen LogP contribution in [0.5, 0.6) is 0 Å². The SMILES string of the molecule is CCCc1nnc(SCc2c(F)cccc2Cl)n1/N=C\c1cccc2ccccc12. The molecule has 0 fully saturated rings. The van der Waals surface area contributed by atoms with Crippen LogP contribution in [0.15, 0.2) is 70.9 Å². The first-order valence-electron chi connectivity index (χ1n) is 9.69. The number of nitrogens with zero attached hydrogens (tertiary/aromatic N) is 4. The molecule has 0 N–H and O–H groups in total. The Hall–Kier alpha value is -2.70. The van der Waals surface area contributed by atoms with Crippen LogP contribution in [0.1, 0.15) is 30.3 Å². The maximum absolute atomic E-state index is 14.1. The first kappa shape index (κ1) is 20.6. The van der Waals surface area contributed by atoms with E-state index in [0.717, 1.165) is 35.0 Å². The summed E-state index contributed by atoms with van der Waals surface area (Å²) in [7, 11) is 0. The van der Waals surface area contributed by atoms with Crippen molar-refractivity contribution < 1.29 is 4.39 Å². The van der Waals surface area contributed by atoms with E-state index < -0.39 is 0 Å². The van der Waals surface area contributed by atoms with Crippen molar-refractivity contribution in [1.82, 2.24) is 14.9 Å². The third kappa shape index (κ3) is 4.40. The fourth-order valence-corrected chi connectivity index (χ4v) is 4.42. The van der Waals surface area contributed by atoms with Gasteiger partial charge in [0.05, 0.1) is 6.21 Å². The van der Waals surface area contributed by atoms with Gasteiger partial charge in [0.2, 0.25) is 5.16 Å². The smallest absolute Gasteiger partial charge is 0.207 e. The molecule has 0 aliphatic heterocycles. The Kier molecular flexibility index (Phi) is 6.45. The summed E-state index contributed by atoms with van der Waals surface area (Å²) in [5.41, 5.74) is 1.46. The molecule has 4 rings (SSSR count). The number of hydrogen-bond acceptors (Lipinski definition) is 4. The molecule has 0 spiro atoms. The van der Waals surface area contributed by atoms with Crippen molar-refractivity contribution in [2.45, 2.75) is 30.7 Å². The molecule has 1 aromatic heterocycles. The van der Waals surface area contributed by atoms with Gasteiger partial charge in [-0.2, -0.15) is 9.78 Å². The maximum atomic E-state index is 14.1. The highest BCUT2D eigenvalue weighted by Gasteiger charge is 2.14. The molecule has 0 radical (unpaired) electrons. The fourth-order valence-electron chi connectivity index (χ4n) is 3.17. The summed E-state index contributed by atoms with van der Waals surface area (Å²) < 4.78 is 15.9. The second kappa shape index (κ2) is 9.41. The number of fused-ring (bicyclic) bond motifs is 1. The molecule has 0 unspecified atom stereocenters. The van der Waals surface area contributed by atoms with E-state index in [0.29, 0.717) is 21.5 Å². The summed E-state index contributed by atoms with van der Waals surface area (Å²) >= 11 is 7.53. The monoisotopic (exact) mass is 438 g/mol. The lowest BCUT2D eigenvalue weighted by Gasteiger charge is -2.07. The summed E-state index contributed by atoms with van der Waals surface area (Å²) in [6.45, 7) is 2.08. The Labute approximate surface area is 183 Å². The third-order valence-electron chi connectivity index (χ3n) is 4.69. The molecule has 0 saturated carbocycles. The van der Waals surface area contributed by atoms with Crippen LogP contribution in [0.25, 0.3) is 10.8 Å². The number of aromatic nitrogens is 3. The van der Waals surface area contributed by atoms with E-state index in [1.807, 2.05) is 30.5 Å². The summed E-state index contributed by atoms with van der Waals surface area (Å²) in [5, 5.41) is 16.5. The van der Waals surface area contributed by atoms with Crippen molar-refractivity contribution >= 4 is 40.3 Å². The predicted octanol–water partition coefficient (Wildman–Crippen LogP) is 6.35. The Morgan fingerprint density at radius 2 is 1.87 bits per heavy atom. The van der Waals surface area contributed by atoms with E-state index in [9.17, 15) is 4.39 Å². The quantitative estimate of drug-likeness (QED) is 0.249. The molecule has 0 atom stereocenters. The molecule has 7 heteroatoms. The van der Waals surface area contributed by atoms with Crippen LogP contribution in [-0.2, 0) is 12.2 Å². The number of aryl methyl sites for hydroxylation is 1. The maximum Gasteiger partial charge on any atom is 0.212 e. The van der Waals surface area contributed by atoms with Gasteiger partial charge < -0.3 is 0 Å². The van der Waals surface area contributed by atoms with E-state index >= 15 is 0 Å². The topological polar surface area (TPSA) is 43.1 Å². The van der Waals surface area contributed by atoms with Gasteiger partial charge in [-0.3, -0.25) is 0 Å². The van der Waals surface area contributed by atoms with Gasteiger partial charge in [-0.1, -0.05) is 78.8 Å². The normalized spacial score (nSPS) is 11.6. The third-order valence-corrected chi connectivity index (χ3v) is 5.99. The molecule has 0 amide bonds. The van der Waals surface area contributed by atoms with Crippen molar-refractivity contribution in [2.75, 3.05) is 0 Å². The molecule has 30 heavy (non-hydrogen) atoms. The Bertz CT molecular complexity index is 1180. The van der Waals surface area contributed by atoms with E-state index in [-0.39, 0.29) is 5.82 Å². The number of benzene rings is 3. The average Bonchev–Trinajstić information content (AvgIpc) is 3.13. The zero-order valence-corrected chi connectivity index (χ0v) is 18.0.